The maximum Gasteiger partial charge on any atom is 0.186 e. The first-order valence-corrected chi connectivity index (χ1v) is 6.24. The molecule has 0 spiro atoms. The zero-order valence-corrected chi connectivity index (χ0v) is 10.7. The predicted molar refractivity (Wildman–Crippen MR) is 69.4 cm³/mol. The molecule has 0 radical (unpaired) electrons. The second-order valence-corrected chi connectivity index (χ2v) is 4.14. The molecule has 4 heteroatoms. The van der Waals surface area contributed by atoms with Gasteiger partial charge in [-0.05, 0) is 24.5 Å². The van der Waals surface area contributed by atoms with Crippen molar-refractivity contribution >= 4 is 0 Å². The van der Waals surface area contributed by atoms with Gasteiger partial charge in [-0.25, -0.2) is 4.68 Å². The Morgan fingerprint density at radius 2 is 2.06 bits per heavy atom. The number of nitriles is 1. The van der Waals surface area contributed by atoms with Gasteiger partial charge in [-0.15, -0.1) is 5.10 Å². The van der Waals surface area contributed by atoms with E-state index in [0.29, 0.717) is 5.69 Å². The number of hydrogen-bond acceptors (Lipinski definition) is 3. The summed E-state index contributed by atoms with van der Waals surface area (Å²) in [5.41, 5.74) is 3.57. The quantitative estimate of drug-likeness (QED) is 0.825. The second-order valence-electron chi connectivity index (χ2n) is 4.14. The smallest absolute Gasteiger partial charge is 0.186 e. The van der Waals surface area contributed by atoms with Crippen molar-refractivity contribution in [3.63, 3.8) is 0 Å². The summed E-state index contributed by atoms with van der Waals surface area (Å²) in [6, 6.07) is 10.2. The Bertz CT molecular complexity index is 578. The first kappa shape index (κ1) is 12.3. The number of para-hydroxylation sites is 1. The number of benzene rings is 1. The molecule has 2 rings (SSSR count). The van der Waals surface area contributed by atoms with Crippen LogP contribution in [-0.4, -0.2) is 15.0 Å². The van der Waals surface area contributed by atoms with E-state index in [9.17, 15) is 0 Å². The highest BCUT2D eigenvalue weighted by atomic mass is 15.4. The molecule has 18 heavy (non-hydrogen) atoms. The standard InChI is InChI=1S/C14H16N4/c1-3-7-14-12(10-15)16-17-18(14)13-9-6-5-8-11(13)4-2/h5-6,8-9H,3-4,7H2,1-2H3. The van der Waals surface area contributed by atoms with Crippen LogP contribution in [-0.2, 0) is 12.8 Å². The molecule has 0 saturated carbocycles. The first-order chi connectivity index (χ1) is 8.81. The summed E-state index contributed by atoms with van der Waals surface area (Å²) in [5, 5.41) is 17.2. The summed E-state index contributed by atoms with van der Waals surface area (Å²) in [6.45, 7) is 4.20. The fourth-order valence-corrected chi connectivity index (χ4v) is 2.06. The van der Waals surface area contributed by atoms with E-state index in [1.165, 1.54) is 5.56 Å². The molecule has 92 valence electrons. The molecule has 0 aliphatic heterocycles. The van der Waals surface area contributed by atoms with E-state index in [1.807, 2.05) is 18.2 Å². The van der Waals surface area contributed by atoms with Crippen molar-refractivity contribution in [3.8, 4) is 11.8 Å². The van der Waals surface area contributed by atoms with Crippen LogP contribution in [0.25, 0.3) is 5.69 Å². The van der Waals surface area contributed by atoms with E-state index < -0.39 is 0 Å². The van der Waals surface area contributed by atoms with Crippen LogP contribution < -0.4 is 0 Å². The predicted octanol–water partition coefficient (Wildman–Crippen LogP) is 2.65. The van der Waals surface area contributed by atoms with E-state index in [1.54, 1.807) is 4.68 Å². The number of rotatable bonds is 4. The van der Waals surface area contributed by atoms with Gasteiger partial charge in [0.05, 0.1) is 11.4 Å². The third-order valence-corrected chi connectivity index (χ3v) is 2.96. The maximum atomic E-state index is 9.07. The molecule has 0 saturated heterocycles. The minimum absolute atomic E-state index is 0.433. The van der Waals surface area contributed by atoms with Crippen LogP contribution in [0.1, 0.15) is 37.2 Å². The molecule has 1 aromatic heterocycles. The lowest BCUT2D eigenvalue weighted by atomic mass is 10.1. The summed E-state index contributed by atoms with van der Waals surface area (Å²) in [4.78, 5) is 0. The summed E-state index contributed by atoms with van der Waals surface area (Å²) in [6.07, 6.45) is 2.72. The Balaban J connectivity index is 2.57. The van der Waals surface area contributed by atoms with Crippen LogP contribution in [0, 0.1) is 11.3 Å². The molecular formula is C14H16N4. The van der Waals surface area contributed by atoms with Crippen LogP contribution in [0.15, 0.2) is 24.3 Å². The van der Waals surface area contributed by atoms with Gasteiger partial charge in [0.1, 0.15) is 6.07 Å². The molecule has 0 fully saturated rings. The van der Waals surface area contributed by atoms with Crippen molar-refractivity contribution in [2.75, 3.05) is 0 Å². The van der Waals surface area contributed by atoms with Crippen LogP contribution in [0.5, 0.6) is 0 Å². The van der Waals surface area contributed by atoms with E-state index >= 15 is 0 Å². The lowest BCUT2D eigenvalue weighted by molar-refractivity contribution is 0.739. The van der Waals surface area contributed by atoms with E-state index in [0.717, 1.165) is 30.6 Å². The molecule has 0 N–H and O–H groups in total. The maximum absolute atomic E-state index is 9.07. The SMILES string of the molecule is CCCc1c(C#N)nnn1-c1ccccc1CC. The number of hydrogen-bond donors (Lipinski definition) is 0. The van der Waals surface area contributed by atoms with Crippen LogP contribution in [0.4, 0.5) is 0 Å². The molecule has 1 aromatic carbocycles. The molecule has 0 amide bonds. The number of aromatic nitrogens is 3. The molecule has 2 aromatic rings. The van der Waals surface area contributed by atoms with Crippen molar-refractivity contribution in [2.45, 2.75) is 33.1 Å². The third-order valence-electron chi connectivity index (χ3n) is 2.96. The van der Waals surface area contributed by atoms with Crippen LogP contribution in [0.2, 0.25) is 0 Å². The van der Waals surface area contributed by atoms with Crippen molar-refractivity contribution < 1.29 is 0 Å². The molecule has 1 heterocycles. The molecule has 0 bridgehead atoms. The summed E-state index contributed by atoms with van der Waals surface area (Å²) in [7, 11) is 0. The third kappa shape index (κ3) is 2.12. The van der Waals surface area contributed by atoms with Gasteiger partial charge in [-0.2, -0.15) is 5.26 Å². The average molecular weight is 240 g/mol. The molecule has 0 aliphatic rings. The highest BCUT2D eigenvalue weighted by Crippen LogP contribution is 2.18. The second kappa shape index (κ2) is 5.46. The number of nitrogens with zero attached hydrogens (tertiary/aromatic N) is 4. The Morgan fingerprint density at radius 3 is 2.72 bits per heavy atom. The molecule has 4 nitrogen and oxygen atoms in total. The molecule has 0 atom stereocenters. The zero-order chi connectivity index (χ0) is 13.0. The average Bonchev–Trinajstić information content (AvgIpc) is 2.82. The minimum atomic E-state index is 0.433. The van der Waals surface area contributed by atoms with Crippen LogP contribution in [0.3, 0.4) is 0 Å². The highest BCUT2D eigenvalue weighted by molar-refractivity contribution is 5.43. The van der Waals surface area contributed by atoms with Crippen LogP contribution >= 0.6 is 0 Å². The number of aryl methyl sites for hydroxylation is 1. The van der Waals surface area contributed by atoms with Gasteiger partial charge in [0.15, 0.2) is 5.69 Å². The molecular weight excluding hydrogens is 224 g/mol. The highest BCUT2D eigenvalue weighted by Gasteiger charge is 2.14. The van der Waals surface area contributed by atoms with Crippen molar-refractivity contribution in [1.82, 2.24) is 15.0 Å². The van der Waals surface area contributed by atoms with Crippen molar-refractivity contribution in [1.29, 1.82) is 5.26 Å². The Kier molecular flexibility index (Phi) is 3.73. The van der Waals surface area contributed by atoms with Gasteiger partial charge in [0.2, 0.25) is 0 Å². The molecule has 0 aliphatic carbocycles. The Morgan fingerprint density at radius 1 is 1.28 bits per heavy atom. The van der Waals surface area contributed by atoms with Gasteiger partial charge >= 0.3 is 0 Å². The Hall–Kier alpha value is -2.15. The first-order valence-electron chi connectivity index (χ1n) is 6.24. The zero-order valence-electron chi connectivity index (χ0n) is 10.7. The fraction of sp³-hybridized carbons (Fsp3) is 0.357. The lowest BCUT2D eigenvalue weighted by Gasteiger charge is -2.09. The largest absolute Gasteiger partial charge is 0.216 e. The summed E-state index contributed by atoms with van der Waals surface area (Å²) < 4.78 is 1.81. The minimum Gasteiger partial charge on any atom is -0.216 e. The van der Waals surface area contributed by atoms with Crippen molar-refractivity contribution in [2.24, 2.45) is 0 Å². The van der Waals surface area contributed by atoms with Gasteiger partial charge in [0.25, 0.3) is 0 Å². The van der Waals surface area contributed by atoms with Gasteiger partial charge < -0.3 is 0 Å². The van der Waals surface area contributed by atoms with Gasteiger partial charge in [0, 0.05) is 0 Å². The summed E-state index contributed by atoms with van der Waals surface area (Å²) in [5.74, 6) is 0. The van der Waals surface area contributed by atoms with E-state index in [2.05, 4.69) is 36.3 Å². The Labute approximate surface area is 107 Å². The van der Waals surface area contributed by atoms with E-state index in [-0.39, 0.29) is 0 Å². The normalized spacial score (nSPS) is 10.3. The topological polar surface area (TPSA) is 54.5 Å². The fourth-order valence-electron chi connectivity index (χ4n) is 2.06. The van der Waals surface area contributed by atoms with Crippen molar-refractivity contribution in [3.05, 3.63) is 41.2 Å². The monoisotopic (exact) mass is 240 g/mol. The van der Waals surface area contributed by atoms with E-state index in [4.69, 9.17) is 5.26 Å². The molecule has 0 unspecified atom stereocenters. The lowest BCUT2D eigenvalue weighted by Crippen LogP contribution is -2.05. The van der Waals surface area contributed by atoms with Gasteiger partial charge in [-0.1, -0.05) is 43.7 Å². The summed E-state index contributed by atoms with van der Waals surface area (Å²) >= 11 is 0. The van der Waals surface area contributed by atoms with Gasteiger partial charge in [-0.3, -0.25) is 0 Å².